The first-order valence-corrected chi connectivity index (χ1v) is 4.93. The summed E-state index contributed by atoms with van der Waals surface area (Å²) in [5.74, 6) is 0. The molecule has 0 aromatic heterocycles. The summed E-state index contributed by atoms with van der Waals surface area (Å²) in [6.07, 6.45) is 3.31. The van der Waals surface area contributed by atoms with E-state index in [9.17, 15) is 0 Å². The van der Waals surface area contributed by atoms with Crippen molar-refractivity contribution in [1.29, 1.82) is 0 Å². The van der Waals surface area contributed by atoms with Crippen LogP contribution < -0.4 is 0 Å². The van der Waals surface area contributed by atoms with Crippen LogP contribution in [0.15, 0.2) is 18.2 Å². The Labute approximate surface area is 79.6 Å². The second kappa shape index (κ2) is 4.51. The molecule has 12 heavy (non-hydrogen) atoms. The van der Waals surface area contributed by atoms with Crippen molar-refractivity contribution in [2.24, 2.45) is 0 Å². The lowest BCUT2D eigenvalue weighted by Crippen LogP contribution is -1.87. The molecule has 0 aliphatic heterocycles. The third-order valence-corrected chi connectivity index (χ3v) is 2.40. The van der Waals surface area contributed by atoms with Crippen LogP contribution in [0.25, 0.3) is 0 Å². The first-order valence-electron chi connectivity index (χ1n) is 4.55. The van der Waals surface area contributed by atoms with Gasteiger partial charge in [0, 0.05) is 5.02 Å². The van der Waals surface area contributed by atoms with Crippen LogP contribution >= 0.6 is 11.6 Å². The topological polar surface area (TPSA) is 0 Å². The summed E-state index contributed by atoms with van der Waals surface area (Å²) >= 11 is 6.09. The molecule has 0 N–H and O–H groups in total. The predicted molar refractivity (Wildman–Crippen MR) is 54.8 cm³/mol. The van der Waals surface area contributed by atoms with Crippen LogP contribution in [-0.2, 0) is 12.8 Å². The van der Waals surface area contributed by atoms with Crippen LogP contribution in [0.2, 0.25) is 5.02 Å². The highest BCUT2D eigenvalue weighted by Gasteiger charge is 1.99. The Kier molecular flexibility index (Phi) is 3.61. The quantitative estimate of drug-likeness (QED) is 0.666. The maximum absolute atomic E-state index is 6.09. The van der Waals surface area contributed by atoms with E-state index in [1.807, 2.05) is 0 Å². The zero-order valence-electron chi connectivity index (χ0n) is 7.73. The first-order chi connectivity index (χ1) is 5.77. The number of rotatable bonds is 3. The van der Waals surface area contributed by atoms with Crippen molar-refractivity contribution in [2.45, 2.75) is 33.1 Å². The molecule has 0 spiro atoms. The molecule has 0 saturated heterocycles. The molecule has 0 heterocycles. The molecule has 66 valence electrons. The lowest BCUT2D eigenvalue weighted by Gasteiger charge is -2.03. The fourth-order valence-corrected chi connectivity index (χ4v) is 1.58. The molecule has 1 heteroatoms. The molecule has 0 nitrogen and oxygen atoms in total. The predicted octanol–water partition coefficient (Wildman–Crippen LogP) is 3.85. The molecule has 0 unspecified atom stereocenters. The van der Waals surface area contributed by atoms with Gasteiger partial charge in [0.15, 0.2) is 0 Å². The van der Waals surface area contributed by atoms with Crippen molar-refractivity contribution in [2.75, 3.05) is 0 Å². The lowest BCUT2D eigenvalue weighted by atomic mass is 10.1. The van der Waals surface area contributed by atoms with E-state index in [1.165, 1.54) is 11.1 Å². The molecule has 0 saturated carbocycles. The molecular weight excluding hydrogens is 168 g/mol. The number of benzene rings is 1. The van der Waals surface area contributed by atoms with Gasteiger partial charge in [0.1, 0.15) is 0 Å². The van der Waals surface area contributed by atoms with Gasteiger partial charge >= 0.3 is 0 Å². The molecule has 1 aromatic rings. The Bertz CT molecular complexity index is 253. The maximum atomic E-state index is 6.09. The molecule has 1 rings (SSSR count). The van der Waals surface area contributed by atoms with E-state index in [-0.39, 0.29) is 0 Å². The summed E-state index contributed by atoms with van der Waals surface area (Å²) < 4.78 is 0. The Balaban J connectivity index is 2.87. The van der Waals surface area contributed by atoms with Gasteiger partial charge in [0.2, 0.25) is 0 Å². The van der Waals surface area contributed by atoms with Crippen molar-refractivity contribution in [1.82, 2.24) is 0 Å². The smallest absolute Gasteiger partial charge is 0.0440 e. The molecule has 0 radical (unpaired) electrons. The van der Waals surface area contributed by atoms with Gasteiger partial charge in [0.25, 0.3) is 0 Å². The molecule has 1 aromatic carbocycles. The van der Waals surface area contributed by atoms with Crippen molar-refractivity contribution in [3.8, 4) is 0 Å². The van der Waals surface area contributed by atoms with E-state index in [1.54, 1.807) is 0 Å². The third kappa shape index (κ3) is 2.25. The highest BCUT2D eigenvalue weighted by atomic mass is 35.5. The Hall–Kier alpha value is -0.490. The van der Waals surface area contributed by atoms with Crippen LogP contribution in [0.1, 0.15) is 31.4 Å². The van der Waals surface area contributed by atoms with Crippen molar-refractivity contribution < 1.29 is 0 Å². The number of aryl methyl sites for hydroxylation is 2. The fraction of sp³-hybridized carbons (Fsp3) is 0.455. The van der Waals surface area contributed by atoms with Crippen molar-refractivity contribution in [3.05, 3.63) is 34.3 Å². The van der Waals surface area contributed by atoms with Gasteiger partial charge < -0.3 is 0 Å². The minimum atomic E-state index is 0.927. The van der Waals surface area contributed by atoms with E-state index in [2.05, 4.69) is 32.0 Å². The Morgan fingerprint density at radius 3 is 2.50 bits per heavy atom. The second-order valence-electron chi connectivity index (χ2n) is 3.03. The summed E-state index contributed by atoms with van der Waals surface area (Å²) in [6, 6.07) is 6.38. The van der Waals surface area contributed by atoms with E-state index >= 15 is 0 Å². The van der Waals surface area contributed by atoms with Gasteiger partial charge in [-0.1, -0.05) is 44.0 Å². The maximum Gasteiger partial charge on any atom is 0.0440 e. The first kappa shape index (κ1) is 9.60. The lowest BCUT2D eigenvalue weighted by molar-refractivity contribution is 0.920. The summed E-state index contributed by atoms with van der Waals surface area (Å²) in [5.41, 5.74) is 2.59. The van der Waals surface area contributed by atoms with Gasteiger partial charge in [-0.15, -0.1) is 0 Å². The highest BCUT2D eigenvalue weighted by Crippen LogP contribution is 2.19. The molecular formula is C11H15Cl. The van der Waals surface area contributed by atoms with Crippen LogP contribution in [0.4, 0.5) is 0 Å². The zero-order chi connectivity index (χ0) is 8.97. The van der Waals surface area contributed by atoms with Crippen LogP contribution in [0.5, 0.6) is 0 Å². The molecule has 0 aliphatic rings. The normalized spacial score (nSPS) is 10.2. The second-order valence-corrected chi connectivity index (χ2v) is 3.44. The molecule has 0 atom stereocenters. The van der Waals surface area contributed by atoms with Gasteiger partial charge in [-0.2, -0.15) is 0 Å². The molecule has 0 amide bonds. The highest BCUT2D eigenvalue weighted by molar-refractivity contribution is 6.31. The van der Waals surface area contributed by atoms with Crippen LogP contribution in [0, 0.1) is 0 Å². The zero-order valence-corrected chi connectivity index (χ0v) is 8.49. The van der Waals surface area contributed by atoms with E-state index in [0.717, 1.165) is 24.3 Å². The van der Waals surface area contributed by atoms with Gasteiger partial charge in [-0.25, -0.2) is 0 Å². The standard InChI is InChI=1S/C11H15Cl/c1-3-5-10-7-6-9(4-2)8-11(10)12/h6-8H,3-5H2,1-2H3. The summed E-state index contributed by atoms with van der Waals surface area (Å²) in [7, 11) is 0. The average Bonchev–Trinajstić information content (AvgIpc) is 2.09. The summed E-state index contributed by atoms with van der Waals surface area (Å²) in [6.45, 7) is 4.31. The largest absolute Gasteiger partial charge is 0.0840 e. The number of hydrogen-bond acceptors (Lipinski definition) is 0. The Morgan fingerprint density at radius 1 is 1.25 bits per heavy atom. The van der Waals surface area contributed by atoms with Crippen molar-refractivity contribution >= 4 is 11.6 Å². The van der Waals surface area contributed by atoms with E-state index in [0.29, 0.717) is 0 Å². The molecule has 0 aliphatic carbocycles. The van der Waals surface area contributed by atoms with Gasteiger partial charge in [-0.05, 0) is 30.0 Å². The number of hydrogen-bond donors (Lipinski definition) is 0. The summed E-state index contributed by atoms with van der Waals surface area (Å²) in [4.78, 5) is 0. The average molecular weight is 183 g/mol. The van der Waals surface area contributed by atoms with Gasteiger partial charge in [0.05, 0.1) is 0 Å². The van der Waals surface area contributed by atoms with Crippen molar-refractivity contribution in [3.63, 3.8) is 0 Å². The SMILES string of the molecule is CCCc1ccc(CC)cc1Cl. The minimum Gasteiger partial charge on any atom is -0.0840 e. The fourth-order valence-electron chi connectivity index (χ4n) is 1.28. The minimum absolute atomic E-state index is 0.927. The van der Waals surface area contributed by atoms with E-state index < -0.39 is 0 Å². The molecule has 0 bridgehead atoms. The van der Waals surface area contributed by atoms with Gasteiger partial charge in [-0.3, -0.25) is 0 Å². The van der Waals surface area contributed by atoms with Crippen LogP contribution in [-0.4, -0.2) is 0 Å². The number of halogens is 1. The monoisotopic (exact) mass is 182 g/mol. The third-order valence-electron chi connectivity index (χ3n) is 2.05. The summed E-state index contributed by atoms with van der Waals surface area (Å²) in [5, 5.41) is 0.927. The Morgan fingerprint density at radius 2 is 2.00 bits per heavy atom. The van der Waals surface area contributed by atoms with Crippen LogP contribution in [0.3, 0.4) is 0 Å². The van der Waals surface area contributed by atoms with E-state index in [4.69, 9.17) is 11.6 Å². The molecule has 0 fully saturated rings.